The Morgan fingerprint density at radius 3 is 1.81 bits per heavy atom. The zero-order valence-electron chi connectivity index (χ0n) is 19.2. The third-order valence-electron chi connectivity index (χ3n) is 7.58. The molecular formula is C27H19Cl2N3O5. The fourth-order valence-electron chi connectivity index (χ4n) is 6.08. The van der Waals surface area contributed by atoms with E-state index in [1.165, 1.54) is 24.3 Å². The minimum Gasteiger partial charge on any atom is -0.326 e. The summed E-state index contributed by atoms with van der Waals surface area (Å²) in [6.07, 6.45) is -0.190. The van der Waals surface area contributed by atoms with Crippen LogP contribution in [0.4, 0.5) is 11.4 Å². The zero-order chi connectivity index (χ0) is 26.1. The van der Waals surface area contributed by atoms with Gasteiger partial charge in [0.1, 0.15) is 9.75 Å². The first-order valence-corrected chi connectivity index (χ1v) is 12.4. The lowest BCUT2D eigenvalue weighted by Gasteiger charge is -2.54. The molecule has 1 aliphatic heterocycles. The van der Waals surface area contributed by atoms with Crippen LogP contribution in [0, 0.1) is 22.0 Å². The van der Waals surface area contributed by atoms with Crippen LogP contribution in [0.2, 0.25) is 0 Å². The topological polar surface area (TPSA) is 110 Å². The van der Waals surface area contributed by atoms with Crippen molar-refractivity contribution in [2.24, 2.45) is 11.8 Å². The zero-order valence-corrected chi connectivity index (χ0v) is 20.7. The number of benzene rings is 3. The van der Waals surface area contributed by atoms with Gasteiger partial charge in [-0.2, -0.15) is 0 Å². The first-order valence-electron chi connectivity index (χ1n) is 11.7. The summed E-state index contributed by atoms with van der Waals surface area (Å²) in [4.78, 5) is 49.1. The highest BCUT2D eigenvalue weighted by atomic mass is 35.5. The standard InChI is InChI=1S/C27H19Cl2N3O5/c28-26-17-8-1-2-9-18(17)27(29,20-11-4-3-10-19(20)26)23-22(26)24(34)31(25(23)35)13-12-21(33)30-15-6-5-7-16(14-15)32(36)37/h1-11,14,22-23H,12-13H2,(H,30,33)/t22-,23-,26?,27?/m0/s1. The molecule has 3 aromatic rings. The van der Waals surface area contributed by atoms with Crippen molar-refractivity contribution in [1.82, 2.24) is 4.90 Å². The predicted octanol–water partition coefficient (Wildman–Crippen LogP) is 4.52. The smallest absolute Gasteiger partial charge is 0.271 e. The van der Waals surface area contributed by atoms with E-state index in [1.807, 2.05) is 48.5 Å². The van der Waals surface area contributed by atoms with Gasteiger partial charge < -0.3 is 5.32 Å². The molecule has 1 saturated heterocycles. The molecule has 4 aliphatic rings. The number of nitro benzene ring substituents is 1. The molecule has 0 saturated carbocycles. The fraction of sp³-hybridized carbons (Fsp3) is 0.222. The number of carbonyl (C=O) groups is 3. The Kier molecular flexibility index (Phi) is 5.19. The second-order valence-electron chi connectivity index (χ2n) is 9.40. The summed E-state index contributed by atoms with van der Waals surface area (Å²) in [7, 11) is 0. The minimum atomic E-state index is -1.28. The number of hydrogen-bond donors (Lipinski definition) is 1. The van der Waals surface area contributed by atoms with Gasteiger partial charge in [-0.3, -0.25) is 29.4 Å². The van der Waals surface area contributed by atoms with Gasteiger partial charge in [0.15, 0.2) is 0 Å². The van der Waals surface area contributed by atoms with Crippen LogP contribution in [-0.2, 0) is 24.1 Å². The molecule has 2 bridgehead atoms. The number of nitro groups is 1. The SMILES string of the molecule is O=C(CCN1C(=O)[C@@H]2[C@@H](C1=O)C1(Cl)c3ccccc3C2(Cl)c2ccccc21)Nc1cccc([N+](=O)[O-])c1. The van der Waals surface area contributed by atoms with E-state index in [9.17, 15) is 24.5 Å². The molecule has 0 spiro atoms. The van der Waals surface area contributed by atoms with Crippen molar-refractivity contribution in [3.05, 3.63) is 105 Å². The lowest BCUT2D eigenvalue weighted by molar-refractivity contribution is -0.384. The number of halogens is 2. The lowest BCUT2D eigenvalue weighted by Crippen LogP contribution is -2.57. The molecule has 3 aromatic carbocycles. The van der Waals surface area contributed by atoms with Crippen molar-refractivity contribution in [1.29, 1.82) is 0 Å². The Morgan fingerprint density at radius 1 is 0.865 bits per heavy atom. The van der Waals surface area contributed by atoms with Gasteiger partial charge in [-0.05, 0) is 28.3 Å². The van der Waals surface area contributed by atoms with Crippen molar-refractivity contribution < 1.29 is 19.3 Å². The number of carbonyl (C=O) groups excluding carboxylic acids is 3. The molecule has 10 heteroatoms. The average molecular weight is 536 g/mol. The highest BCUT2D eigenvalue weighted by Gasteiger charge is 2.72. The molecule has 3 amide bonds. The monoisotopic (exact) mass is 535 g/mol. The van der Waals surface area contributed by atoms with Gasteiger partial charge in [0.05, 0.1) is 16.8 Å². The van der Waals surface area contributed by atoms with Crippen LogP contribution in [0.15, 0.2) is 72.8 Å². The maximum atomic E-state index is 13.8. The molecule has 37 heavy (non-hydrogen) atoms. The van der Waals surface area contributed by atoms with E-state index in [0.29, 0.717) is 22.3 Å². The Bertz CT molecular complexity index is 1400. The Morgan fingerprint density at radius 2 is 1.35 bits per heavy atom. The summed E-state index contributed by atoms with van der Waals surface area (Å²) in [6.45, 7) is -0.169. The quantitative estimate of drug-likeness (QED) is 0.223. The maximum Gasteiger partial charge on any atom is 0.271 e. The van der Waals surface area contributed by atoms with Gasteiger partial charge in [-0.1, -0.05) is 54.6 Å². The summed E-state index contributed by atoms with van der Waals surface area (Å²) in [5.41, 5.74) is 2.91. The molecule has 1 fully saturated rings. The van der Waals surface area contributed by atoms with Crippen LogP contribution in [0.3, 0.4) is 0 Å². The second-order valence-corrected chi connectivity index (χ2v) is 10.6. The van der Waals surface area contributed by atoms with Crippen molar-refractivity contribution in [3.8, 4) is 0 Å². The van der Waals surface area contributed by atoms with Gasteiger partial charge in [0.2, 0.25) is 17.7 Å². The second kappa shape index (κ2) is 8.13. The number of imide groups is 1. The van der Waals surface area contributed by atoms with E-state index >= 15 is 0 Å². The van der Waals surface area contributed by atoms with Crippen LogP contribution in [0.25, 0.3) is 0 Å². The van der Waals surface area contributed by atoms with Gasteiger partial charge in [-0.25, -0.2) is 0 Å². The number of non-ortho nitro benzene ring substituents is 1. The van der Waals surface area contributed by atoms with Crippen molar-refractivity contribution in [2.45, 2.75) is 16.2 Å². The van der Waals surface area contributed by atoms with Crippen molar-refractivity contribution >= 4 is 52.3 Å². The van der Waals surface area contributed by atoms with E-state index in [1.54, 1.807) is 0 Å². The number of nitrogens with zero attached hydrogens (tertiary/aromatic N) is 2. The molecular weight excluding hydrogens is 517 g/mol. The maximum absolute atomic E-state index is 13.8. The molecule has 3 aliphatic carbocycles. The molecule has 8 nitrogen and oxygen atoms in total. The first kappa shape index (κ1) is 23.6. The van der Waals surface area contributed by atoms with Gasteiger partial charge >= 0.3 is 0 Å². The molecule has 0 aromatic heterocycles. The van der Waals surface area contributed by atoms with E-state index in [2.05, 4.69) is 5.32 Å². The Labute approximate surface area is 221 Å². The van der Waals surface area contributed by atoms with Crippen molar-refractivity contribution in [3.63, 3.8) is 0 Å². The average Bonchev–Trinajstić information content (AvgIpc) is 3.16. The van der Waals surface area contributed by atoms with Crippen LogP contribution < -0.4 is 5.32 Å². The first-order chi connectivity index (χ1) is 17.7. The van der Waals surface area contributed by atoms with Gasteiger partial charge in [0, 0.05) is 30.8 Å². The number of rotatable bonds is 5. The minimum absolute atomic E-state index is 0.166. The number of alkyl halides is 2. The fourth-order valence-corrected chi connectivity index (χ4v) is 7.18. The van der Waals surface area contributed by atoms with Crippen molar-refractivity contribution in [2.75, 3.05) is 11.9 Å². The Hall–Kier alpha value is -3.75. The molecule has 1 heterocycles. The molecule has 7 rings (SSSR count). The molecule has 2 atom stereocenters. The summed E-state index contributed by atoms with van der Waals surface area (Å²) in [5, 5.41) is 13.6. The van der Waals surface area contributed by atoms with E-state index < -0.39 is 44.2 Å². The number of anilines is 1. The normalized spacial score (nSPS) is 26.9. The van der Waals surface area contributed by atoms with Crippen LogP contribution >= 0.6 is 23.2 Å². The largest absolute Gasteiger partial charge is 0.326 e. The number of hydrogen-bond acceptors (Lipinski definition) is 5. The Balaban J connectivity index is 1.31. The molecule has 186 valence electrons. The van der Waals surface area contributed by atoms with Gasteiger partial charge in [-0.15, -0.1) is 23.2 Å². The summed E-state index contributed by atoms with van der Waals surface area (Å²) in [6, 6.07) is 20.2. The third kappa shape index (κ3) is 3.12. The van der Waals surface area contributed by atoms with Crippen LogP contribution in [-0.4, -0.2) is 34.1 Å². The summed E-state index contributed by atoms with van der Waals surface area (Å²) >= 11 is 14.7. The highest BCUT2D eigenvalue weighted by molar-refractivity contribution is 6.36. The third-order valence-corrected chi connectivity index (χ3v) is 8.86. The summed E-state index contributed by atoms with van der Waals surface area (Å²) < 4.78 is 0. The predicted molar refractivity (Wildman–Crippen MR) is 136 cm³/mol. The van der Waals surface area contributed by atoms with E-state index in [0.717, 1.165) is 4.90 Å². The summed E-state index contributed by atoms with van der Waals surface area (Å²) in [5.74, 6) is -3.29. The number of likely N-dealkylation sites (tertiary alicyclic amines) is 1. The number of nitrogens with one attached hydrogen (secondary N) is 1. The molecule has 1 N–H and O–H groups in total. The lowest BCUT2D eigenvalue weighted by atomic mass is 9.54. The highest BCUT2D eigenvalue weighted by Crippen LogP contribution is 2.69. The van der Waals surface area contributed by atoms with Crippen LogP contribution in [0.1, 0.15) is 28.7 Å². The van der Waals surface area contributed by atoms with Crippen LogP contribution in [0.5, 0.6) is 0 Å². The number of amides is 3. The van der Waals surface area contributed by atoms with E-state index in [-0.39, 0.29) is 24.3 Å². The van der Waals surface area contributed by atoms with E-state index in [4.69, 9.17) is 23.2 Å². The molecule has 0 unspecified atom stereocenters. The van der Waals surface area contributed by atoms with Gasteiger partial charge in [0.25, 0.3) is 5.69 Å². The molecule has 0 radical (unpaired) electrons.